The molecular weight excluding hydrogens is 470 g/mol. The van der Waals surface area contributed by atoms with Gasteiger partial charge >= 0.3 is 18.0 Å². The first-order valence-electron chi connectivity index (χ1n) is 12.2. The van der Waals surface area contributed by atoms with Crippen LogP contribution in [0.5, 0.6) is 0 Å². The highest BCUT2D eigenvalue weighted by Crippen LogP contribution is 2.19. The molecule has 1 N–H and O–H groups in total. The van der Waals surface area contributed by atoms with Gasteiger partial charge in [-0.3, -0.25) is 9.59 Å². The van der Waals surface area contributed by atoms with Gasteiger partial charge in [0.15, 0.2) is 0 Å². The van der Waals surface area contributed by atoms with Crippen molar-refractivity contribution in [3.05, 3.63) is 107 Å². The molecule has 0 heterocycles. The fourth-order valence-electron chi connectivity index (χ4n) is 3.81. The van der Waals surface area contributed by atoms with Crippen molar-refractivity contribution in [3.63, 3.8) is 0 Å². The molecule has 0 aromatic heterocycles. The SMILES string of the molecule is CC(=O)OCC(CCc1ccc(Cc2ccccc2)cc1)(COC(C)=O)NC(=O)OCc1ccccc1. The minimum Gasteiger partial charge on any atom is -0.463 e. The van der Waals surface area contributed by atoms with Crippen LogP contribution in [0.2, 0.25) is 0 Å². The Morgan fingerprint density at radius 2 is 1.14 bits per heavy atom. The van der Waals surface area contributed by atoms with E-state index < -0.39 is 23.6 Å². The largest absolute Gasteiger partial charge is 0.463 e. The third-order valence-corrected chi connectivity index (χ3v) is 5.85. The number of hydrogen-bond donors (Lipinski definition) is 1. The van der Waals surface area contributed by atoms with Gasteiger partial charge in [-0.1, -0.05) is 84.9 Å². The third kappa shape index (κ3) is 9.80. The number of amides is 1. The van der Waals surface area contributed by atoms with Crippen LogP contribution >= 0.6 is 0 Å². The van der Waals surface area contributed by atoms with Crippen LogP contribution in [0, 0.1) is 0 Å². The Morgan fingerprint density at radius 1 is 0.649 bits per heavy atom. The molecule has 0 aliphatic rings. The van der Waals surface area contributed by atoms with Gasteiger partial charge in [0.2, 0.25) is 0 Å². The predicted octanol–water partition coefficient (Wildman–Crippen LogP) is 5.00. The van der Waals surface area contributed by atoms with E-state index in [1.54, 1.807) is 0 Å². The standard InChI is InChI=1S/C30H33NO6/c1-23(32)36-21-30(22-37-24(2)33,31-29(34)35-20-28-11-7-4-8-12-28)18-17-25-13-15-27(16-14-25)19-26-9-5-3-6-10-26/h3-16H,17-22H2,1-2H3,(H,31,34). The second kappa shape index (κ2) is 13.8. The zero-order chi connectivity index (χ0) is 26.5. The lowest BCUT2D eigenvalue weighted by molar-refractivity contribution is -0.148. The van der Waals surface area contributed by atoms with Crippen LogP contribution in [-0.2, 0) is 43.2 Å². The number of aryl methyl sites for hydroxylation is 1. The molecule has 194 valence electrons. The maximum Gasteiger partial charge on any atom is 0.408 e. The highest BCUT2D eigenvalue weighted by atomic mass is 16.6. The number of ether oxygens (including phenoxy) is 3. The molecule has 0 unspecified atom stereocenters. The summed E-state index contributed by atoms with van der Waals surface area (Å²) >= 11 is 0. The van der Waals surface area contributed by atoms with Crippen molar-refractivity contribution in [2.24, 2.45) is 0 Å². The summed E-state index contributed by atoms with van der Waals surface area (Å²) in [5.74, 6) is -1.01. The summed E-state index contributed by atoms with van der Waals surface area (Å²) < 4.78 is 15.9. The maximum atomic E-state index is 12.7. The van der Waals surface area contributed by atoms with Crippen molar-refractivity contribution < 1.29 is 28.6 Å². The molecule has 3 aromatic rings. The van der Waals surface area contributed by atoms with Gasteiger partial charge < -0.3 is 19.5 Å². The van der Waals surface area contributed by atoms with Crippen LogP contribution in [0.3, 0.4) is 0 Å². The number of benzene rings is 3. The number of carbonyl (C=O) groups excluding carboxylic acids is 3. The summed E-state index contributed by atoms with van der Waals surface area (Å²) in [6.07, 6.45) is 1.04. The van der Waals surface area contributed by atoms with E-state index in [2.05, 4.69) is 29.6 Å². The molecule has 0 bridgehead atoms. The molecule has 0 radical (unpaired) electrons. The summed E-state index contributed by atoms with van der Waals surface area (Å²) in [7, 11) is 0. The van der Waals surface area contributed by atoms with Crippen molar-refractivity contribution in [1.29, 1.82) is 0 Å². The second-order valence-electron chi connectivity index (χ2n) is 9.01. The number of carbonyl (C=O) groups is 3. The van der Waals surface area contributed by atoms with Crippen molar-refractivity contribution >= 4 is 18.0 Å². The molecule has 0 aliphatic carbocycles. The Hall–Kier alpha value is -4.13. The van der Waals surface area contributed by atoms with E-state index in [4.69, 9.17) is 14.2 Å². The topological polar surface area (TPSA) is 90.9 Å². The van der Waals surface area contributed by atoms with Crippen molar-refractivity contribution in [1.82, 2.24) is 5.32 Å². The van der Waals surface area contributed by atoms with E-state index >= 15 is 0 Å². The van der Waals surface area contributed by atoms with Crippen LogP contribution in [-0.4, -0.2) is 36.8 Å². The smallest absolute Gasteiger partial charge is 0.408 e. The quantitative estimate of drug-likeness (QED) is 0.276. The minimum atomic E-state index is -1.16. The van der Waals surface area contributed by atoms with Crippen molar-refractivity contribution in [2.45, 2.75) is 45.3 Å². The zero-order valence-electron chi connectivity index (χ0n) is 21.3. The first kappa shape index (κ1) is 27.5. The summed E-state index contributed by atoms with van der Waals surface area (Å²) in [5.41, 5.74) is 3.12. The van der Waals surface area contributed by atoms with E-state index in [-0.39, 0.29) is 19.8 Å². The number of esters is 2. The molecule has 0 fully saturated rings. The fourth-order valence-corrected chi connectivity index (χ4v) is 3.81. The first-order chi connectivity index (χ1) is 17.8. The maximum absolute atomic E-state index is 12.7. The molecule has 0 atom stereocenters. The molecular formula is C30H33NO6. The van der Waals surface area contributed by atoms with Gasteiger partial charge in [-0.05, 0) is 41.5 Å². The lowest BCUT2D eigenvalue weighted by Crippen LogP contribution is -2.56. The Labute approximate surface area is 217 Å². The van der Waals surface area contributed by atoms with Crippen LogP contribution in [0.4, 0.5) is 4.79 Å². The average Bonchev–Trinajstić information content (AvgIpc) is 2.90. The van der Waals surface area contributed by atoms with Gasteiger partial charge in [0.25, 0.3) is 0 Å². The molecule has 3 rings (SSSR count). The molecule has 0 spiro atoms. The Bertz CT molecular complexity index is 1130. The van der Waals surface area contributed by atoms with Crippen molar-refractivity contribution in [3.8, 4) is 0 Å². The van der Waals surface area contributed by atoms with Gasteiger partial charge in [-0.2, -0.15) is 0 Å². The van der Waals surface area contributed by atoms with Gasteiger partial charge in [0.05, 0.1) is 0 Å². The molecule has 1 amide bonds. The molecule has 0 saturated carbocycles. The molecule has 37 heavy (non-hydrogen) atoms. The molecule has 7 nitrogen and oxygen atoms in total. The average molecular weight is 504 g/mol. The van der Waals surface area contributed by atoms with Crippen LogP contribution in [0.25, 0.3) is 0 Å². The lowest BCUT2D eigenvalue weighted by atomic mass is 9.92. The third-order valence-electron chi connectivity index (χ3n) is 5.85. The van der Waals surface area contributed by atoms with E-state index in [0.717, 1.165) is 17.5 Å². The minimum absolute atomic E-state index is 0.0762. The van der Waals surface area contributed by atoms with Crippen LogP contribution < -0.4 is 5.32 Å². The van der Waals surface area contributed by atoms with Crippen molar-refractivity contribution in [2.75, 3.05) is 13.2 Å². The zero-order valence-corrected chi connectivity index (χ0v) is 21.3. The number of alkyl carbamates (subject to hydrolysis) is 1. The van der Waals surface area contributed by atoms with E-state index in [1.807, 2.05) is 60.7 Å². The normalized spacial score (nSPS) is 10.9. The van der Waals surface area contributed by atoms with Crippen LogP contribution in [0.1, 0.15) is 42.5 Å². The monoisotopic (exact) mass is 503 g/mol. The fraction of sp³-hybridized carbons (Fsp3) is 0.300. The Balaban J connectivity index is 1.70. The number of rotatable bonds is 12. The van der Waals surface area contributed by atoms with Gasteiger partial charge in [0, 0.05) is 13.8 Å². The Kier molecular flexibility index (Phi) is 10.3. The molecule has 0 aliphatic heterocycles. The summed E-state index contributed by atoms with van der Waals surface area (Å²) in [6, 6.07) is 27.7. The summed E-state index contributed by atoms with van der Waals surface area (Å²) in [6.45, 7) is 2.32. The Morgan fingerprint density at radius 3 is 1.68 bits per heavy atom. The second-order valence-corrected chi connectivity index (χ2v) is 9.01. The van der Waals surface area contributed by atoms with E-state index in [0.29, 0.717) is 12.8 Å². The molecule has 3 aromatic carbocycles. The van der Waals surface area contributed by atoms with Gasteiger partial charge in [-0.25, -0.2) is 4.79 Å². The lowest BCUT2D eigenvalue weighted by Gasteiger charge is -2.33. The summed E-state index contributed by atoms with van der Waals surface area (Å²) in [5, 5.41) is 2.81. The van der Waals surface area contributed by atoms with E-state index in [9.17, 15) is 14.4 Å². The molecule has 7 heteroatoms. The van der Waals surface area contributed by atoms with Gasteiger partial charge in [0.1, 0.15) is 25.4 Å². The van der Waals surface area contributed by atoms with Gasteiger partial charge in [-0.15, -0.1) is 0 Å². The predicted molar refractivity (Wildman–Crippen MR) is 140 cm³/mol. The first-order valence-corrected chi connectivity index (χ1v) is 12.2. The van der Waals surface area contributed by atoms with E-state index in [1.165, 1.54) is 25.0 Å². The number of nitrogens with one attached hydrogen (secondary N) is 1. The highest BCUT2D eigenvalue weighted by Gasteiger charge is 2.35. The highest BCUT2D eigenvalue weighted by molar-refractivity contribution is 5.69. The summed E-state index contributed by atoms with van der Waals surface area (Å²) in [4.78, 5) is 36.0. The molecule has 0 saturated heterocycles. The number of hydrogen-bond acceptors (Lipinski definition) is 6. The van der Waals surface area contributed by atoms with Crippen LogP contribution in [0.15, 0.2) is 84.9 Å².